The van der Waals surface area contributed by atoms with Gasteiger partial charge in [-0.25, -0.2) is 0 Å². The van der Waals surface area contributed by atoms with Gasteiger partial charge in [0.25, 0.3) is 10.1 Å². The van der Waals surface area contributed by atoms with Crippen LogP contribution in [-0.2, 0) is 14.3 Å². The highest BCUT2D eigenvalue weighted by atomic mass is 32.2. The Morgan fingerprint density at radius 3 is 2.25 bits per heavy atom. The maximum atomic E-state index is 11.5. The van der Waals surface area contributed by atoms with Crippen molar-refractivity contribution >= 4 is 10.1 Å². The van der Waals surface area contributed by atoms with Gasteiger partial charge in [0.05, 0.1) is 11.9 Å². The van der Waals surface area contributed by atoms with Crippen LogP contribution in [-0.4, -0.2) is 69.8 Å². The molecule has 96 valence electrons. The van der Waals surface area contributed by atoms with Gasteiger partial charge in [-0.3, -0.25) is 9.08 Å². The summed E-state index contributed by atoms with van der Waals surface area (Å²) in [6.45, 7) is 7.92. The van der Waals surface area contributed by atoms with Crippen LogP contribution in [0.4, 0.5) is 0 Å². The van der Waals surface area contributed by atoms with Crippen molar-refractivity contribution in [2.24, 2.45) is 0 Å². The molecule has 5 nitrogen and oxygen atoms in total. The van der Waals surface area contributed by atoms with E-state index >= 15 is 0 Å². The van der Waals surface area contributed by atoms with Crippen molar-refractivity contribution in [2.75, 3.05) is 45.5 Å². The van der Waals surface area contributed by atoms with Gasteiger partial charge >= 0.3 is 0 Å². The molecule has 6 heteroatoms. The molecule has 0 aromatic carbocycles. The Labute approximate surface area is 98.5 Å². The topological polar surface area (TPSA) is 49.9 Å². The molecule has 0 spiro atoms. The zero-order chi connectivity index (χ0) is 12.2. The van der Waals surface area contributed by atoms with Gasteiger partial charge in [0.1, 0.15) is 0 Å². The number of rotatable bonds is 5. The Morgan fingerprint density at radius 2 is 1.75 bits per heavy atom. The van der Waals surface area contributed by atoms with E-state index in [1.807, 2.05) is 0 Å². The average molecular weight is 250 g/mol. The van der Waals surface area contributed by atoms with E-state index in [-0.39, 0.29) is 11.9 Å². The van der Waals surface area contributed by atoms with Gasteiger partial charge in [-0.2, -0.15) is 8.42 Å². The molecule has 0 aliphatic carbocycles. The molecule has 1 saturated heterocycles. The zero-order valence-corrected chi connectivity index (χ0v) is 11.2. The normalized spacial score (nSPS) is 20.5. The summed E-state index contributed by atoms with van der Waals surface area (Å²) >= 11 is 0. The average Bonchev–Trinajstić information content (AvgIpc) is 2.15. The molecule has 16 heavy (non-hydrogen) atoms. The van der Waals surface area contributed by atoms with E-state index < -0.39 is 10.1 Å². The van der Waals surface area contributed by atoms with Crippen LogP contribution in [0.1, 0.15) is 13.8 Å². The molecule has 1 rings (SSSR count). The molecule has 0 unspecified atom stereocenters. The fraction of sp³-hybridized carbons (Fsp3) is 1.00. The molecule has 1 heterocycles. The van der Waals surface area contributed by atoms with E-state index in [1.165, 1.54) is 0 Å². The Bertz CT molecular complexity index is 295. The first-order valence-corrected chi connectivity index (χ1v) is 7.28. The second-order valence-corrected chi connectivity index (χ2v) is 6.27. The summed E-state index contributed by atoms with van der Waals surface area (Å²) in [7, 11) is -1.27. The van der Waals surface area contributed by atoms with Crippen LogP contribution in [0, 0.1) is 0 Å². The molecule has 0 N–H and O–H groups in total. The van der Waals surface area contributed by atoms with Crippen LogP contribution in [0.15, 0.2) is 0 Å². The van der Waals surface area contributed by atoms with E-state index in [2.05, 4.69) is 16.8 Å². The first kappa shape index (κ1) is 13.9. The minimum atomic E-state index is -3.35. The summed E-state index contributed by atoms with van der Waals surface area (Å²) in [6.07, 6.45) is -0.266. The Hall–Kier alpha value is -0.170. The highest BCUT2D eigenvalue weighted by molar-refractivity contribution is 7.86. The molecule has 0 saturated carbocycles. The number of likely N-dealkylation sites (N-methyl/N-ethyl adjacent to an activating group) is 1. The van der Waals surface area contributed by atoms with E-state index in [0.717, 1.165) is 26.2 Å². The van der Waals surface area contributed by atoms with Gasteiger partial charge in [-0.1, -0.05) is 0 Å². The molecule has 1 fully saturated rings. The molecule has 0 radical (unpaired) electrons. The first-order chi connectivity index (χ1) is 7.39. The van der Waals surface area contributed by atoms with Crippen molar-refractivity contribution in [3.8, 4) is 0 Å². The largest absolute Gasteiger partial charge is 0.304 e. The SMILES string of the molecule is CC(C)OS(=O)(=O)CCN1CCN(C)CC1. The van der Waals surface area contributed by atoms with Crippen molar-refractivity contribution in [1.82, 2.24) is 9.80 Å². The van der Waals surface area contributed by atoms with Crippen LogP contribution in [0.25, 0.3) is 0 Å². The van der Waals surface area contributed by atoms with Crippen molar-refractivity contribution in [3.63, 3.8) is 0 Å². The number of hydrogen-bond donors (Lipinski definition) is 0. The monoisotopic (exact) mass is 250 g/mol. The maximum Gasteiger partial charge on any atom is 0.268 e. The van der Waals surface area contributed by atoms with Gasteiger partial charge in [0, 0.05) is 32.7 Å². The third-order valence-electron chi connectivity index (χ3n) is 2.59. The third kappa shape index (κ3) is 5.25. The lowest BCUT2D eigenvalue weighted by atomic mass is 10.3. The smallest absolute Gasteiger partial charge is 0.268 e. The molecule has 0 amide bonds. The second-order valence-electron chi connectivity index (χ2n) is 4.55. The molecule has 0 bridgehead atoms. The molecule has 0 atom stereocenters. The molecule has 1 aliphatic heterocycles. The van der Waals surface area contributed by atoms with Crippen LogP contribution in [0.5, 0.6) is 0 Å². The van der Waals surface area contributed by atoms with Crippen LogP contribution in [0.2, 0.25) is 0 Å². The fourth-order valence-corrected chi connectivity index (χ4v) is 2.82. The molecule has 1 aliphatic rings. The standard InChI is InChI=1S/C10H22N2O3S/c1-10(2)15-16(13,14)9-8-12-6-4-11(3)5-7-12/h10H,4-9H2,1-3H3. The van der Waals surface area contributed by atoms with E-state index in [4.69, 9.17) is 4.18 Å². The van der Waals surface area contributed by atoms with Crippen molar-refractivity contribution in [2.45, 2.75) is 20.0 Å². The van der Waals surface area contributed by atoms with Crippen LogP contribution < -0.4 is 0 Å². The highest BCUT2D eigenvalue weighted by Gasteiger charge is 2.18. The van der Waals surface area contributed by atoms with Gasteiger partial charge < -0.3 is 4.90 Å². The predicted octanol–water partition coefficient (Wildman–Crippen LogP) is -0.0114. The van der Waals surface area contributed by atoms with Crippen molar-refractivity contribution in [3.05, 3.63) is 0 Å². The Morgan fingerprint density at radius 1 is 1.19 bits per heavy atom. The summed E-state index contributed by atoms with van der Waals surface area (Å²) < 4.78 is 27.9. The lowest BCUT2D eigenvalue weighted by molar-refractivity contribution is 0.159. The van der Waals surface area contributed by atoms with E-state index in [0.29, 0.717) is 6.54 Å². The lowest BCUT2D eigenvalue weighted by Gasteiger charge is -2.32. The van der Waals surface area contributed by atoms with Gasteiger partial charge in [0.2, 0.25) is 0 Å². The number of nitrogens with zero attached hydrogens (tertiary/aromatic N) is 2. The van der Waals surface area contributed by atoms with Crippen LogP contribution >= 0.6 is 0 Å². The lowest BCUT2D eigenvalue weighted by Crippen LogP contribution is -2.46. The Balaban J connectivity index is 2.29. The number of hydrogen-bond acceptors (Lipinski definition) is 5. The summed E-state index contributed by atoms with van der Waals surface area (Å²) in [5, 5.41) is 0. The highest BCUT2D eigenvalue weighted by Crippen LogP contribution is 2.03. The summed E-state index contributed by atoms with van der Waals surface area (Å²) in [4.78, 5) is 4.41. The predicted molar refractivity (Wildman–Crippen MR) is 63.9 cm³/mol. The maximum absolute atomic E-state index is 11.5. The van der Waals surface area contributed by atoms with Gasteiger partial charge in [0.15, 0.2) is 0 Å². The van der Waals surface area contributed by atoms with Gasteiger partial charge in [-0.15, -0.1) is 0 Å². The molecule has 0 aromatic heterocycles. The van der Waals surface area contributed by atoms with E-state index in [1.54, 1.807) is 13.8 Å². The van der Waals surface area contributed by atoms with E-state index in [9.17, 15) is 8.42 Å². The summed E-state index contributed by atoms with van der Waals surface area (Å²) in [5.41, 5.74) is 0. The van der Waals surface area contributed by atoms with Crippen LogP contribution in [0.3, 0.4) is 0 Å². The molecule has 0 aromatic rings. The molecular formula is C10H22N2O3S. The van der Waals surface area contributed by atoms with Crippen molar-refractivity contribution < 1.29 is 12.6 Å². The quantitative estimate of drug-likeness (QED) is 0.642. The first-order valence-electron chi connectivity index (χ1n) is 5.71. The summed E-state index contributed by atoms with van der Waals surface area (Å²) in [5.74, 6) is 0.0922. The minimum absolute atomic E-state index is 0.0922. The van der Waals surface area contributed by atoms with Crippen molar-refractivity contribution in [1.29, 1.82) is 0 Å². The third-order valence-corrected chi connectivity index (χ3v) is 3.95. The summed E-state index contributed by atoms with van der Waals surface area (Å²) in [6, 6.07) is 0. The zero-order valence-electron chi connectivity index (χ0n) is 10.3. The minimum Gasteiger partial charge on any atom is -0.304 e. The fourth-order valence-electron chi connectivity index (χ4n) is 1.65. The van der Waals surface area contributed by atoms with Gasteiger partial charge in [-0.05, 0) is 20.9 Å². The second kappa shape index (κ2) is 5.95. The Kier molecular flexibility index (Phi) is 5.17. The number of piperazine rings is 1. The molecular weight excluding hydrogens is 228 g/mol.